The molecule has 0 spiro atoms. The van der Waals surface area contributed by atoms with E-state index in [2.05, 4.69) is 4.98 Å². The maximum absolute atomic E-state index is 11.9. The highest BCUT2D eigenvalue weighted by Gasteiger charge is 2.29. The van der Waals surface area contributed by atoms with Gasteiger partial charge in [-0.2, -0.15) is 0 Å². The largest absolute Gasteiger partial charge is 0.466 e. The van der Waals surface area contributed by atoms with E-state index in [0.717, 1.165) is 25.2 Å². The fraction of sp³-hybridized carbons (Fsp3) is 0.538. The van der Waals surface area contributed by atoms with Crippen molar-refractivity contribution in [2.75, 3.05) is 19.8 Å². The molecule has 2 rings (SSSR count). The third kappa shape index (κ3) is 3.03. The Morgan fingerprint density at radius 3 is 2.76 bits per heavy atom. The number of esters is 1. The molecule has 2 heterocycles. The van der Waals surface area contributed by atoms with Gasteiger partial charge in [0.25, 0.3) is 0 Å². The Kier molecular flexibility index (Phi) is 4.09. The van der Waals surface area contributed by atoms with E-state index in [1.165, 1.54) is 0 Å². The molecular weight excluding hydrogens is 218 g/mol. The summed E-state index contributed by atoms with van der Waals surface area (Å²) in [5.74, 6) is 0.134. The number of carbonyl (C=O) groups is 1. The van der Waals surface area contributed by atoms with E-state index >= 15 is 0 Å². The summed E-state index contributed by atoms with van der Waals surface area (Å²) in [6.07, 6.45) is 4.21. The number of carbonyl (C=O) groups excluding carboxylic acids is 1. The van der Waals surface area contributed by atoms with Gasteiger partial charge in [0, 0.05) is 18.3 Å². The summed E-state index contributed by atoms with van der Waals surface area (Å²) in [6.45, 7) is 3.75. The first-order valence-corrected chi connectivity index (χ1v) is 5.95. The molecule has 0 saturated carbocycles. The first-order valence-electron chi connectivity index (χ1n) is 5.95. The Hall–Kier alpha value is -1.42. The maximum atomic E-state index is 11.9. The molecule has 0 aromatic carbocycles. The minimum Gasteiger partial charge on any atom is -0.466 e. The lowest BCUT2D eigenvalue weighted by atomic mass is 9.88. The van der Waals surface area contributed by atoms with Crippen LogP contribution in [0.2, 0.25) is 0 Å². The van der Waals surface area contributed by atoms with E-state index in [1.807, 2.05) is 19.1 Å². The molecule has 4 heteroatoms. The molecule has 0 radical (unpaired) electrons. The van der Waals surface area contributed by atoms with Gasteiger partial charge in [0.1, 0.15) is 0 Å². The molecule has 1 saturated heterocycles. The van der Waals surface area contributed by atoms with Crippen molar-refractivity contribution in [3.8, 4) is 0 Å². The molecule has 0 amide bonds. The monoisotopic (exact) mass is 235 g/mol. The van der Waals surface area contributed by atoms with Crippen LogP contribution in [0.1, 0.15) is 24.8 Å². The average Bonchev–Trinajstić information content (AvgIpc) is 2.29. The zero-order valence-corrected chi connectivity index (χ0v) is 9.96. The van der Waals surface area contributed by atoms with Crippen molar-refractivity contribution >= 4 is 5.97 Å². The molecule has 4 nitrogen and oxygen atoms in total. The van der Waals surface area contributed by atoms with Crippen LogP contribution in [0.15, 0.2) is 24.5 Å². The highest BCUT2D eigenvalue weighted by atomic mass is 16.5. The smallest absolute Gasteiger partial charge is 0.313 e. The number of ether oxygens (including phenoxy) is 2. The fourth-order valence-corrected chi connectivity index (χ4v) is 1.96. The van der Waals surface area contributed by atoms with Gasteiger partial charge < -0.3 is 9.47 Å². The second kappa shape index (κ2) is 5.77. The number of rotatable bonds is 5. The van der Waals surface area contributed by atoms with Crippen molar-refractivity contribution in [2.45, 2.75) is 19.3 Å². The molecule has 1 fully saturated rings. The second-order valence-corrected chi connectivity index (χ2v) is 4.22. The molecule has 1 unspecified atom stereocenters. The summed E-state index contributed by atoms with van der Waals surface area (Å²) in [6, 6.07) is 3.75. The maximum Gasteiger partial charge on any atom is 0.313 e. The normalized spacial score (nSPS) is 17.2. The predicted molar refractivity (Wildman–Crippen MR) is 62.5 cm³/mol. The molecule has 17 heavy (non-hydrogen) atoms. The zero-order chi connectivity index (χ0) is 12.1. The lowest BCUT2D eigenvalue weighted by Gasteiger charge is -2.29. The number of nitrogens with zero attached hydrogens (tertiary/aromatic N) is 1. The Morgan fingerprint density at radius 2 is 2.24 bits per heavy atom. The van der Waals surface area contributed by atoms with E-state index in [4.69, 9.17) is 9.47 Å². The zero-order valence-electron chi connectivity index (χ0n) is 9.96. The van der Waals surface area contributed by atoms with Gasteiger partial charge >= 0.3 is 5.97 Å². The Morgan fingerprint density at radius 1 is 1.53 bits per heavy atom. The lowest BCUT2D eigenvalue weighted by molar-refractivity contribution is -0.146. The van der Waals surface area contributed by atoms with Crippen LogP contribution in [0.4, 0.5) is 0 Å². The van der Waals surface area contributed by atoms with Gasteiger partial charge in [0.2, 0.25) is 0 Å². The summed E-state index contributed by atoms with van der Waals surface area (Å²) in [5, 5.41) is 0. The van der Waals surface area contributed by atoms with Gasteiger partial charge in [-0.3, -0.25) is 9.78 Å². The molecule has 0 N–H and O–H groups in total. The third-order valence-electron chi connectivity index (χ3n) is 2.96. The standard InChI is InChI=1S/C13H17NO3/c1-2-17-13(15)12(7-10-8-16-9-10)11-3-5-14-6-4-11/h3-6,10,12H,2,7-9H2,1H3. The van der Waals surface area contributed by atoms with E-state index in [9.17, 15) is 4.79 Å². The Labute approximate surface area is 101 Å². The second-order valence-electron chi connectivity index (χ2n) is 4.22. The van der Waals surface area contributed by atoms with Crippen molar-refractivity contribution in [3.05, 3.63) is 30.1 Å². The lowest BCUT2D eigenvalue weighted by Crippen LogP contribution is -2.31. The van der Waals surface area contributed by atoms with E-state index in [-0.39, 0.29) is 11.9 Å². The van der Waals surface area contributed by atoms with Crippen LogP contribution in [-0.2, 0) is 14.3 Å². The molecule has 1 aliphatic heterocycles. The van der Waals surface area contributed by atoms with Crippen molar-refractivity contribution in [1.82, 2.24) is 4.98 Å². The van der Waals surface area contributed by atoms with Crippen LogP contribution in [0, 0.1) is 5.92 Å². The quantitative estimate of drug-likeness (QED) is 0.730. The fourth-order valence-electron chi connectivity index (χ4n) is 1.96. The first-order chi connectivity index (χ1) is 8.31. The summed E-state index contributed by atoms with van der Waals surface area (Å²) < 4.78 is 10.3. The van der Waals surface area contributed by atoms with Gasteiger partial charge in [-0.15, -0.1) is 0 Å². The molecule has 92 valence electrons. The highest BCUT2D eigenvalue weighted by molar-refractivity contribution is 5.78. The number of pyridine rings is 1. The van der Waals surface area contributed by atoms with Crippen LogP contribution in [0.3, 0.4) is 0 Å². The van der Waals surface area contributed by atoms with Crippen molar-refractivity contribution < 1.29 is 14.3 Å². The summed E-state index contributed by atoms with van der Waals surface area (Å²) in [4.78, 5) is 15.9. The number of aromatic nitrogens is 1. The SMILES string of the molecule is CCOC(=O)C(CC1COC1)c1ccncc1. The predicted octanol–water partition coefficient (Wildman–Crippen LogP) is 1.76. The van der Waals surface area contributed by atoms with Crippen LogP contribution < -0.4 is 0 Å². The van der Waals surface area contributed by atoms with Gasteiger partial charge in [0.15, 0.2) is 0 Å². The third-order valence-corrected chi connectivity index (χ3v) is 2.96. The molecule has 0 aliphatic carbocycles. The van der Waals surface area contributed by atoms with E-state index in [0.29, 0.717) is 12.5 Å². The summed E-state index contributed by atoms with van der Waals surface area (Å²) in [5.41, 5.74) is 0.977. The Balaban J connectivity index is 2.08. The van der Waals surface area contributed by atoms with Crippen molar-refractivity contribution in [3.63, 3.8) is 0 Å². The minimum absolute atomic E-state index is 0.148. The Bertz CT molecular complexity index is 362. The van der Waals surface area contributed by atoms with Gasteiger partial charge in [-0.25, -0.2) is 0 Å². The summed E-state index contributed by atoms with van der Waals surface area (Å²) >= 11 is 0. The average molecular weight is 235 g/mol. The number of hydrogen-bond donors (Lipinski definition) is 0. The molecule has 1 atom stereocenters. The number of hydrogen-bond acceptors (Lipinski definition) is 4. The van der Waals surface area contributed by atoms with E-state index in [1.54, 1.807) is 12.4 Å². The molecule has 0 bridgehead atoms. The van der Waals surface area contributed by atoms with Gasteiger partial charge in [0.05, 0.1) is 25.7 Å². The van der Waals surface area contributed by atoms with Crippen LogP contribution in [-0.4, -0.2) is 30.8 Å². The van der Waals surface area contributed by atoms with Crippen LogP contribution in [0.25, 0.3) is 0 Å². The van der Waals surface area contributed by atoms with Gasteiger partial charge in [-0.1, -0.05) is 0 Å². The molecule has 1 aromatic heterocycles. The van der Waals surface area contributed by atoms with Crippen LogP contribution >= 0.6 is 0 Å². The topological polar surface area (TPSA) is 48.4 Å². The van der Waals surface area contributed by atoms with Crippen molar-refractivity contribution in [2.24, 2.45) is 5.92 Å². The highest BCUT2D eigenvalue weighted by Crippen LogP contribution is 2.28. The minimum atomic E-state index is -0.188. The van der Waals surface area contributed by atoms with E-state index < -0.39 is 0 Å². The van der Waals surface area contributed by atoms with Crippen molar-refractivity contribution in [1.29, 1.82) is 0 Å². The first kappa shape index (κ1) is 12.0. The molecular formula is C13H17NO3. The van der Waals surface area contributed by atoms with Crippen LogP contribution in [0.5, 0.6) is 0 Å². The summed E-state index contributed by atoms with van der Waals surface area (Å²) in [7, 11) is 0. The molecule has 1 aliphatic rings. The molecule has 1 aromatic rings. The van der Waals surface area contributed by atoms with Gasteiger partial charge in [-0.05, 0) is 31.0 Å².